The van der Waals surface area contributed by atoms with Gasteiger partial charge in [0.25, 0.3) is 11.8 Å². The van der Waals surface area contributed by atoms with E-state index in [1.165, 1.54) is 11.3 Å². The SMILES string of the molecule is CC(C)(N)C#Cc1ccc(-c2ncc3c(n2)-c2[nH]c4c(c2CC3)C(=O)N(C(=O)OC(C)(C)C)C2(CCC2)C4)cc1.CC(C)(N)C#Cc1ccc(-c2ncc3c(n2)-c2[nH]c4c(c2CC3)C(=O)NC2(CCC2)C4)cc1. The highest BCUT2D eigenvalue weighted by Gasteiger charge is 2.55. The Hall–Kier alpha value is -7.39. The Morgan fingerprint density at radius 2 is 1.14 bits per heavy atom. The molecule has 2 saturated carbocycles. The summed E-state index contributed by atoms with van der Waals surface area (Å²) in [5, 5.41) is 3.30. The molecule has 14 heteroatoms. The van der Waals surface area contributed by atoms with E-state index < -0.39 is 28.3 Å². The number of nitrogens with zero attached hydrogens (tertiary/aromatic N) is 5. The van der Waals surface area contributed by atoms with Crippen molar-refractivity contribution in [1.82, 2.24) is 40.1 Å². The van der Waals surface area contributed by atoms with Crippen LogP contribution in [0.1, 0.15) is 152 Å². The summed E-state index contributed by atoms with van der Waals surface area (Å²) >= 11 is 0. The molecular formula is C59H62N10O4. The predicted molar refractivity (Wildman–Crippen MR) is 280 cm³/mol. The van der Waals surface area contributed by atoms with Gasteiger partial charge in [-0.15, -0.1) is 0 Å². The molecule has 3 amide bonds. The zero-order valence-corrected chi connectivity index (χ0v) is 42.8. The number of benzene rings is 2. The number of fused-ring (bicyclic) bond motifs is 10. The van der Waals surface area contributed by atoms with Crippen LogP contribution in [0.3, 0.4) is 0 Å². The fourth-order valence-corrected chi connectivity index (χ4v) is 11.1. The second-order valence-electron chi connectivity index (χ2n) is 23.0. The molecule has 372 valence electrons. The first-order valence-corrected chi connectivity index (χ1v) is 25.6. The average Bonchev–Trinajstić information content (AvgIpc) is 3.90. The number of carbonyl (C=O) groups excluding carboxylic acids is 3. The third kappa shape index (κ3) is 9.12. The molecule has 4 aromatic heterocycles. The fourth-order valence-electron chi connectivity index (χ4n) is 11.1. The Labute approximate surface area is 426 Å². The van der Waals surface area contributed by atoms with E-state index in [1.54, 1.807) is 0 Å². The van der Waals surface area contributed by atoms with Crippen molar-refractivity contribution in [2.45, 2.75) is 153 Å². The van der Waals surface area contributed by atoms with Crippen LogP contribution >= 0.6 is 0 Å². The van der Waals surface area contributed by atoms with Crippen LogP contribution in [0.25, 0.3) is 45.6 Å². The summed E-state index contributed by atoms with van der Waals surface area (Å²) < 4.78 is 5.70. The Balaban J connectivity index is 0.000000160. The number of hydrogen-bond donors (Lipinski definition) is 5. The van der Waals surface area contributed by atoms with Crippen molar-refractivity contribution in [3.05, 3.63) is 117 Å². The predicted octanol–water partition coefficient (Wildman–Crippen LogP) is 8.72. The van der Waals surface area contributed by atoms with Crippen LogP contribution in [0.2, 0.25) is 0 Å². The first kappa shape index (κ1) is 47.9. The van der Waals surface area contributed by atoms with E-state index in [0.717, 1.165) is 142 Å². The van der Waals surface area contributed by atoms with Crippen molar-refractivity contribution >= 4 is 17.9 Å². The van der Waals surface area contributed by atoms with Crippen molar-refractivity contribution in [3.63, 3.8) is 0 Å². The normalized spacial score (nSPS) is 17.5. The molecule has 6 aliphatic rings. The number of rotatable bonds is 2. The largest absolute Gasteiger partial charge is 0.443 e. The quantitative estimate of drug-likeness (QED) is 0.104. The molecule has 2 aliphatic heterocycles. The van der Waals surface area contributed by atoms with Crippen LogP contribution in [0.5, 0.6) is 0 Å². The van der Waals surface area contributed by atoms with Crippen molar-refractivity contribution in [2.75, 3.05) is 0 Å². The van der Waals surface area contributed by atoms with Crippen molar-refractivity contribution in [3.8, 4) is 69.2 Å². The molecule has 0 radical (unpaired) electrons. The first-order chi connectivity index (χ1) is 34.6. The van der Waals surface area contributed by atoms with Crippen LogP contribution in [0, 0.1) is 23.7 Å². The number of aromatic nitrogens is 6. The number of aryl methyl sites for hydroxylation is 2. The summed E-state index contributed by atoms with van der Waals surface area (Å²) in [4.78, 5) is 68.0. The summed E-state index contributed by atoms with van der Waals surface area (Å²) in [6.45, 7) is 13.0. The molecule has 0 saturated heterocycles. The average molecular weight is 975 g/mol. The number of nitrogens with one attached hydrogen (secondary N) is 3. The van der Waals surface area contributed by atoms with E-state index in [9.17, 15) is 14.4 Å². The van der Waals surface area contributed by atoms with Crippen LogP contribution in [-0.2, 0) is 43.3 Å². The van der Waals surface area contributed by atoms with E-state index in [0.29, 0.717) is 30.1 Å². The number of H-pyrrole nitrogens is 2. The molecule has 14 nitrogen and oxygen atoms in total. The third-order valence-corrected chi connectivity index (χ3v) is 14.9. The van der Waals surface area contributed by atoms with Crippen molar-refractivity contribution in [2.24, 2.45) is 11.5 Å². The lowest BCUT2D eigenvalue weighted by Crippen LogP contribution is -2.63. The van der Waals surface area contributed by atoms with Crippen LogP contribution in [0.4, 0.5) is 4.79 Å². The van der Waals surface area contributed by atoms with E-state index in [2.05, 4.69) is 48.9 Å². The van der Waals surface area contributed by atoms with Gasteiger partial charge in [0, 0.05) is 64.4 Å². The number of nitrogens with two attached hydrogens (primary N) is 2. The number of ether oxygens (including phenoxy) is 1. The van der Waals surface area contributed by atoms with Crippen LogP contribution in [-0.4, -0.2) is 80.5 Å². The van der Waals surface area contributed by atoms with Gasteiger partial charge in [0.15, 0.2) is 11.6 Å². The summed E-state index contributed by atoms with van der Waals surface area (Å²) in [7, 11) is 0. The highest BCUT2D eigenvalue weighted by molar-refractivity contribution is 6.08. The molecule has 6 heterocycles. The van der Waals surface area contributed by atoms with Gasteiger partial charge < -0.3 is 31.5 Å². The smallest absolute Gasteiger partial charge is 0.417 e. The highest BCUT2D eigenvalue weighted by Crippen LogP contribution is 2.49. The molecule has 6 aromatic rings. The fraction of sp³-hybridized carbons (Fsp3) is 0.407. The minimum Gasteiger partial charge on any atom is -0.443 e. The van der Waals surface area contributed by atoms with Gasteiger partial charge in [-0.3, -0.25) is 9.59 Å². The van der Waals surface area contributed by atoms with E-state index >= 15 is 0 Å². The first-order valence-electron chi connectivity index (χ1n) is 25.6. The van der Waals surface area contributed by atoms with E-state index in [1.807, 2.05) is 109 Å². The van der Waals surface area contributed by atoms with Crippen molar-refractivity contribution < 1.29 is 19.1 Å². The maximum absolute atomic E-state index is 14.0. The number of imide groups is 1. The molecule has 2 spiro atoms. The van der Waals surface area contributed by atoms with Gasteiger partial charge in [0.2, 0.25) is 0 Å². The monoisotopic (exact) mass is 974 g/mol. The van der Waals surface area contributed by atoms with Crippen LogP contribution < -0.4 is 16.8 Å². The summed E-state index contributed by atoms with van der Waals surface area (Å²) in [6.07, 6.45) is 13.7. The number of aromatic amines is 2. The third-order valence-electron chi connectivity index (χ3n) is 14.9. The molecule has 0 unspecified atom stereocenters. The topological polar surface area (TPSA) is 211 Å². The maximum Gasteiger partial charge on any atom is 0.417 e. The van der Waals surface area contributed by atoms with Gasteiger partial charge >= 0.3 is 6.09 Å². The number of amides is 3. The molecule has 2 fully saturated rings. The molecule has 7 N–H and O–H groups in total. The zero-order valence-electron chi connectivity index (χ0n) is 42.8. The molecule has 12 rings (SSSR count). The summed E-state index contributed by atoms with van der Waals surface area (Å²) in [5.41, 5.74) is 24.4. The Morgan fingerprint density at radius 1 is 0.658 bits per heavy atom. The lowest BCUT2D eigenvalue weighted by molar-refractivity contribution is -0.0214. The molecule has 73 heavy (non-hydrogen) atoms. The minimum absolute atomic E-state index is 0.0407. The number of carbonyl (C=O) groups is 3. The van der Waals surface area contributed by atoms with Gasteiger partial charge in [-0.1, -0.05) is 23.7 Å². The van der Waals surface area contributed by atoms with Gasteiger partial charge in [0.05, 0.1) is 50.5 Å². The summed E-state index contributed by atoms with van der Waals surface area (Å²) in [6, 6.07) is 15.7. The lowest BCUT2D eigenvalue weighted by Gasteiger charge is -2.51. The summed E-state index contributed by atoms with van der Waals surface area (Å²) in [5.74, 6) is 13.4. The van der Waals surface area contributed by atoms with Gasteiger partial charge in [0.1, 0.15) is 5.60 Å². The van der Waals surface area contributed by atoms with Gasteiger partial charge in [-0.05, 0) is 183 Å². The maximum atomic E-state index is 14.0. The Morgan fingerprint density at radius 3 is 1.58 bits per heavy atom. The second kappa shape index (κ2) is 17.4. The molecule has 4 aliphatic carbocycles. The molecule has 0 bridgehead atoms. The van der Waals surface area contributed by atoms with Gasteiger partial charge in [-0.25, -0.2) is 29.6 Å². The lowest BCUT2D eigenvalue weighted by atomic mass is 9.69. The van der Waals surface area contributed by atoms with Gasteiger partial charge in [-0.2, -0.15) is 0 Å². The standard InChI is InChI=1S/C32H35N5O3.C27H27N5O/c1-30(2,3)40-29(39)37-28(38)24-22-12-11-21-18-34-27(20-9-7-19(8-10-20)13-16-31(4,5)33)36-25(21)26(22)35-23(24)17-32(37)14-6-15-32;1-26(2,28)13-10-16-4-6-17(7-5-16)24-29-15-18-8-9-19-21-20(30-23(19)22(18)31-24)14-27(11-3-12-27)32-25(21)33/h7-10,18,35H,6,11-12,14-15,17,33H2,1-5H3;4-7,15,30H,3,8-9,11-12,14,28H2,1-2H3,(H,32,33). The molecule has 0 atom stereocenters. The number of hydrogen-bond acceptors (Lipinski definition) is 10. The van der Waals surface area contributed by atoms with E-state index in [4.69, 9.17) is 26.2 Å². The Bertz CT molecular complexity index is 3380. The zero-order chi connectivity index (χ0) is 51.2. The molecular weight excluding hydrogens is 913 g/mol. The van der Waals surface area contributed by atoms with E-state index in [-0.39, 0.29) is 17.4 Å². The van der Waals surface area contributed by atoms with Crippen LogP contribution in [0.15, 0.2) is 60.9 Å². The highest BCUT2D eigenvalue weighted by atomic mass is 16.6. The second-order valence-corrected chi connectivity index (χ2v) is 23.0. The molecule has 2 aromatic carbocycles. The van der Waals surface area contributed by atoms with Crippen molar-refractivity contribution in [1.29, 1.82) is 0 Å². The Kier molecular flexibility index (Phi) is 11.4. The minimum atomic E-state index is -0.682.